The van der Waals surface area contributed by atoms with Gasteiger partial charge in [-0.15, -0.1) is 0 Å². The van der Waals surface area contributed by atoms with Crippen LogP contribution < -0.4 is 11.3 Å². The number of nitrogens with zero attached hydrogens (tertiary/aromatic N) is 1. The maximum Gasteiger partial charge on any atom is 0.0510 e. The summed E-state index contributed by atoms with van der Waals surface area (Å²) in [5.41, 5.74) is 2.89. The first-order valence-electron chi connectivity index (χ1n) is 4.92. The van der Waals surface area contributed by atoms with Crippen molar-refractivity contribution in [2.45, 2.75) is 18.9 Å². The minimum absolute atomic E-state index is 0.407. The Morgan fingerprint density at radius 2 is 2.38 bits per heavy atom. The van der Waals surface area contributed by atoms with Gasteiger partial charge in [-0.2, -0.15) is 0 Å². The highest BCUT2D eigenvalue weighted by Crippen LogP contribution is 2.18. The van der Waals surface area contributed by atoms with E-state index in [2.05, 4.69) is 24.4 Å². The molecule has 3 N–H and O–H groups in total. The van der Waals surface area contributed by atoms with E-state index >= 15 is 0 Å². The number of nitrogens with two attached hydrogens (primary N) is 1. The van der Waals surface area contributed by atoms with E-state index in [9.17, 15) is 0 Å². The minimum Gasteiger partial charge on any atom is -0.381 e. The zero-order valence-electron chi connectivity index (χ0n) is 8.62. The van der Waals surface area contributed by atoms with Crippen LogP contribution in [0.15, 0.2) is 0 Å². The molecule has 4 heteroatoms. The second kappa shape index (κ2) is 5.54. The molecule has 1 rings (SSSR count). The Hall–Kier alpha value is -0.160. The highest BCUT2D eigenvalue weighted by Gasteiger charge is 2.24. The average molecular weight is 187 g/mol. The van der Waals surface area contributed by atoms with Crippen molar-refractivity contribution in [3.63, 3.8) is 0 Å². The Balaban J connectivity index is 2.24. The predicted octanol–water partition coefficient (Wildman–Crippen LogP) is -0.193. The van der Waals surface area contributed by atoms with Crippen molar-refractivity contribution in [2.24, 2.45) is 11.8 Å². The molecular weight excluding hydrogens is 166 g/mol. The molecular formula is C9H21N3O. The molecule has 0 spiro atoms. The van der Waals surface area contributed by atoms with Crippen LogP contribution in [-0.2, 0) is 4.74 Å². The Bertz CT molecular complexity index is 135. The molecule has 78 valence electrons. The summed E-state index contributed by atoms with van der Waals surface area (Å²) in [6.07, 6.45) is 2.24. The summed E-state index contributed by atoms with van der Waals surface area (Å²) in [5.74, 6) is 6.12. The van der Waals surface area contributed by atoms with Crippen molar-refractivity contribution >= 4 is 0 Å². The van der Waals surface area contributed by atoms with Gasteiger partial charge in [0.15, 0.2) is 0 Å². The van der Waals surface area contributed by atoms with E-state index in [1.54, 1.807) is 0 Å². The van der Waals surface area contributed by atoms with Gasteiger partial charge in [0.2, 0.25) is 0 Å². The van der Waals surface area contributed by atoms with Crippen LogP contribution in [0.1, 0.15) is 12.8 Å². The first-order chi connectivity index (χ1) is 6.24. The highest BCUT2D eigenvalue weighted by atomic mass is 16.5. The Morgan fingerprint density at radius 1 is 1.62 bits per heavy atom. The molecule has 2 unspecified atom stereocenters. The first kappa shape index (κ1) is 10.9. The van der Waals surface area contributed by atoms with Crippen LogP contribution in [0.25, 0.3) is 0 Å². The number of nitrogens with one attached hydrogen (secondary N) is 1. The quantitative estimate of drug-likeness (QED) is 0.462. The van der Waals surface area contributed by atoms with E-state index in [4.69, 9.17) is 10.6 Å². The van der Waals surface area contributed by atoms with Crippen LogP contribution in [0.2, 0.25) is 0 Å². The highest BCUT2D eigenvalue weighted by molar-refractivity contribution is 4.78. The standard InChI is InChI=1S/C9H21N3O/c1-12(2)5-3-9(11-10)8-4-6-13-7-8/h8-9,11H,3-7,10H2,1-2H3. The van der Waals surface area contributed by atoms with Gasteiger partial charge < -0.3 is 9.64 Å². The van der Waals surface area contributed by atoms with Crippen molar-refractivity contribution in [2.75, 3.05) is 33.9 Å². The number of hydrazine groups is 1. The molecule has 0 aromatic rings. The smallest absolute Gasteiger partial charge is 0.0510 e. The Morgan fingerprint density at radius 3 is 2.85 bits per heavy atom. The minimum atomic E-state index is 0.407. The number of hydrogen-bond acceptors (Lipinski definition) is 4. The molecule has 1 heterocycles. The van der Waals surface area contributed by atoms with Gasteiger partial charge in [0.05, 0.1) is 6.61 Å². The zero-order chi connectivity index (χ0) is 9.68. The SMILES string of the molecule is CN(C)CCC(NN)C1CCOC1. The first-order valence-corrected chi connectivity index (χ1v) is 4.92. The van der Waals surface area contributed by atoms with Crippen LogP contribution in [-0.4, -0.2) is 44.8 Å². The third-order valence-corrected chi connectivity index (χ3v) is 2.64. The van der Waals surface area contributed by atoms with E-state index in [1.165, 1.54) is 0 Å². The summed E-state index contributed by atoms with van der Waals surface area (Å²) >= 11 is 0. The maximum atomic E-state index is 5.51. The molecule has 1 aliphatic heterocycles. The molecule has 2 atom stereocenters. The van der Waals surface area contributed by atoms with Gasteiger partial charge in [-0.05, 0) is 33.5 Å². The molecule has 0 radical (unpaired) electrons. The van der Waals surface area contributed by atoms with Crippen LogP contribution >= 0.6 is 0 Å². The normalized spacial score (nSPS) is 25.4. The fourth-order valence-corrected chi connectivity index (χ4v) is 1.72. The van der Waals surface area contributed by atoms with Crippen molar-refractivity contribution < 1.29 is 4.74 Å². The van der Waals surface area contributed by atoms with Crippen LogP contribution in [0.5, 0.6) is 0 Å². The van der Waals surface area contributed by atoms with Crippen LogP contribution in [0.4, 0.5) is 0 Å². The van der Waals surface area contributed by atoms with E-state index in [0.29, 0.717) is 12.0 Å². The van der Waals surface area contributed by atoms with E-state index in [-0.39, 0.29) is 0 Å². The Kier molecular flexibility index (Phi) is 4.66. The molecule has 1 saturated heterocycles. The average Bonchev–Trinajstić information content (AvgIpc) is 2.58. The van der Waals surface area contributed by atoms with E-state index in [1.807, 2.05) is 0 Å². The largest absolute Gasteiger partial charge is 0.381 e. The zero-order valence-corrected chi connectivity index (χ0v) is 8.62. The summed E-state index contributed by atoms with van der Waals surface area (Å²) in [6, 6.07) is 0.407. The summed E-state index contributed by atoms with van der Waals surface area (Å²) in [4.78, 5) is 2.18. The van der Waals surface area contributed by atoms with Gasteiger partial charge in [-0.25, -0.2) is 0 Å². The molecule has 13 heavy (non-hydrogen) atoms. The molecule has 4 nitrogen and oxygen atoms in total. The number of rotatable bonds is 5. The van der Waals surface area contributed by atoms with E-state index < -0.39 is 0 Å². The van der Waals surface area contributed by atoms with Crippen molar-refractivity contribution in [3.8, 4) is 0 Å². The third-order valence-electron chi connectivity index (χ3n) is 2.64. The Labute approximate surface area is 80.4 Å². The van der Waals surface area contributed by atoms with Crippen LogP contribution in [0, 0.1) is 5.92 Å². The summed E-state index contributed by atoms with van der Waals surface area (Å²) in [6.45, 7) is 2.83. The second-order valence-electron chi connectivity index (χ2n) is 3.99. The van der Waals surface area contributed by atoms with Gasteiger partial charge in [-0.1, -0.05) is 0 Å². The van der Waals surface area contributed by atoms with Gasteiger partial charge in [0.25, 0.3) is 0 Å². The molecule has 0 bridgehead atoms. The molecule has 0 aromatic heterocycles. The molecule has 1 fully saturated rings. The monoisotopic (exact) mass is 187 g/mol. The van der Waals surface area contributed by atoms with Gasteiger partial charge in [0.1, 0.15) is 0 Å². The lowest BCUT2D eigenvalue weighted by Crippen LogP contribution is -2.42. The van der Waals surface area contributed by atoms with Crippen LogP contribution in [0.3, 0.4) is 0 Å². The van der Waals surface area contributed by atoms with Crippen molar-refractivity contribution in [1.82, 2.24) is 10.3 Å². The van der Waals surface area contributed by atoms with E-state index in [0.717, 1.165) is 32.6 Å². The number of ether oxygens (including phenoxy) is 1. The van der Waals surface area contributed by atoms with Gasteiger partial charge >= 0.3 is 0 Å². The predicted molar refractivity (Wildman–Crippen MR) is 53.2 cm³/mol. The lowest BCUT2D eigenvalue weighted by Gasteiger charge is -2.22. The fourth-order valence-electron chi connectivity index (χ4n) is 1.72. The fraction of sp³-hybridized carbons (Fsp3) is 1.00. The van der Waals surface area contributed by atoms with Crippen molar-refractivity contribution in [1.29, 1.82) is 0 Å². The lowest BCUT2D eigenvalue weighted by molar-refractivity contribution is 0.173. The summed E-state index contributed by atoms with van der Waals surface area (Å²) in [5, 5.41) is 0. The maximum absolute atomic E-state index is 5.51. The second-order valence-corrected chi connectivity index (χ2v) is 3.99. The summed E-state index contributed by atoms with van der Waals surface area (Å²) < 4.78 is 5.34. The molecule has 0 amide bonds. The van der Waals surface area contributed by atoms with Crippen molar-refractivity contribution in [3.05, 3.63) is 0 Å². The van der Waals surface area contributed by atoms with Gasteiger partial charge in [0, 0.05) is 18.6 Å². The topological polar surface area (TPSA) is 50.5 Å². The molecule has 0 saturated carbocycles. The third kappa shape index (κ3) is 3.60. The lowest BCUT2D eigenvalue weighted by atomic mass is 9.97. The van der Waals surface area contributed by atoms with Gasteiger partial charge in [-0.3, -0.25) is 11.3 Å². The molecule has 1 aliphatic rings. The molecule has 0 aliphatic carbocycles. The summed E-state index contributed by atoms with van der Waals surface area (Å²) in [7, 11) is 4.16. The molecule has 0 aromatic carbocycles. The number of hydrogen-bond donors (Lipinski definition) is 2.